The average Bonchev–Trinajstić information content (AvgIpc) is 2.47. The first-order valence-electron chi connectivity index (χ1n) is 7.78. The fraction of sp³-hybridized carbons (Fsp3) is 0.500. The fourth-order valence-electron chi connectivity index (χ4n) is 2.95. The Bertz CT molecular complexity index is 490. The van der Waals surface area contributed by atoms with E-state index in [0.29, 0.717) is 23.6 Å². The minimum Gasteiger partial charge on any atom is -0.382 e. The van der Waals surface area contributed by atoms with Crippen LogP contribution < -0.4 is 10.6 Å². The van der Waals surface area contributed by atoms with Crippen LogP contribution in [0, 0.1) is 5.41 Å². The molecule has 1 aromatic carbocycles. The smallest absolute Gasteiger partial charge is 0.251 e. The van der Waals surface area contributed by atoms with Crippen LogP contribution in [0.15, 0.2) is 36.9 Å². The Hall–Kier alpha value is -1.77. The monoisotopic (exact) mass is 286 g/mol. The second-order valence-electron chi connectivity index (χ2n) is 6.51. The minimum absolute atomic E-state index is 0.0561. The Morgan fingerprint density at radius 2 is 2.05 bits per heavy atom. The first-order chi connectivity index (χ1) is 10.0. The predicted molar refractivity (Wildman–Crippen MR) is 88.6 cm³/mol. The summed E-state index contributed by atoms with van der Waals surface area (Å²) in [6.07, 6.45) is 6.79. The van der Waals surface area contributed by atoms with Crippen molar-refractivity contribution in [2.75, 3.05) is 11.9 Å². The SMILES string of the molecule is C=CCNC(=O)c1ccc(NC2CCCCC2(C)C)cc1. The lowest BCUT2D eigenvalue weighted by Crippen LogP contribution is -2.38. The molecule has 1 aromatic rings. The molecule has 3 heteroatoms. The molecule has 0 aliphatic heterocycles. The molecule has 21 heavy (non-hydrogen) atoms. The Morgan fingerprint density at radius 1 is 1.33 bits per heavy atom. The number of benzene rings is 1. The second kappa shape index (κ2) is 6.79. The highest BCUT2D eigenvalue weighted by atomic mass is 16.1. The van der Waals surface area contributed by atoms with E-state index in [1.165, 1.54) is 25.7 Å². The number of nitrogens with one attached hydrogen (secondary N) is 2. The quantitative estimate of drug-likeness (QED) is 0.804. The van der Waals surface area contributed by atoms with E-state index in [1.807, 2.05) is 24.3 Å². The lowest BCUT2D eigenvalue weighted by molar-refractivity contribution is 0.0958. The van der Waals surface area contributed by atoms with Gasteiger partial charge in [-0.25, -0.2) is 0 Å². The van der Waals surface area contributed by atoms with E-state index in [4.69, 9.17) is 0 Å². The van der Waals surface area contributed by atoms with E-state index < -0.39 is 0 Å². The highest BCUT2D eigenvalue weighted by Crippen LogP contribution is 2.37. The molecule has 2 N–H and O–H groups in total. The molecular weight excluding hydrogens is 260 g/mol. The van der Waals surface area contributed by atoms with Gasteiger partial charge in [0, 0.05) is 23.8 Å². The standard InChI is InChI=1S/C18H26N2O/c1-4-13-19-17(21)14-8-10-15(11-9-14)20-16-7-5-6-12-18(16,2)3/h4,8-11,16,20H,1,5-7,12-13H2,2-3H3,(H,19,21). The molecule has 1 unspecified atom stereocenters. The van der Waals surface area contributed by atoms with Gasteiger partial charge in [0.2, 0.25) is 0 Å². The van der Waals surface area contributed by atoms with Crippen LogP contribution >= 0.6 is 0 Å². The first-order valence-corrected chi connectivity index (χ1v) is 7.78. The molecule has 114 valence electrons. The molecular formula is C18H26N2O. The maximum absolute atomic E-state index is 11.8. The van der Waals surface area contributed by atoms with Crippen molar-refractivity contribution in [3.05, 3.63) is 42.5 Å². The van der Waals surface area contributed by atoms with Crippen LogP contribution in [-0.4, -0.2) is 18.5 Å². The third-order valence-corrected chi connectivity index (χ3v) is 4.40. The van der Waals surface area contributed by atoms with Crippen LogP contribution in [0.5, 0.6) is 0 Å². The van der Waals surface area contributed by atoms with Crippen LogP contribution in [0.25, 0.3) is 0 Å². The summed E-state index contributed by atoms with van der Waals surface area (Å²) in [4.78, 5) is 11.8. The normalized spacial score (nSPS) is 20.6. The minimum atomic E-state index is -0.0561. The highest BCUT2D eigenvalue weighted by molar-refractivity contribution is 5.94. The van der Waals surface area contributed by atoms with Gasteiger partial charge in [0.1, 0.15) is 0 Å². The fourth-order valence-corrected chi connectivity index (χ4v) is 2.95. The molecule has 0 bridgehead atoms. The van der Waals surface area contributed by atoms with Crippen molar-refractivity contribution in [3.63, 3.8) is 0 Å². The Kier molecular flexibility index (Phi) is 5.05. The predicted octanol–water partition coefficient (Wildman–Crippen LogP) is 3.98. The summed E-state index contributed by atoms with van der Waals surface area (Å²) in [6, 6.07) is 8.24. The van der Waals surface area contributed by atoms with Crippen molar-refractivity contribution >= 4 is 11.6 Å². The van der Waals surface area contributed by atoms with Crippen LogP contribution in [0.2, 0.25) is 0 Å². The maximum atomic E-state index is 11.8. The largest absolute Gasteiger partial charge is 0.382 e. The van der Waals surface area contributed by atoms with Gasteiger partial charge in [-0.05, 0) is 42.5 Å². The zero-order valence-corrected chi connectivity index (χ0v) is 13.1. The van der Waals surface area contributed by atoms with E-state index in [0.717, 1.165) is 5.69 Å². The van der Waals surface area contributed by atoms with E-state index in [-0.39, 0.29) is 5.91 Å². The molecule has 1 fully saturated rings. The number of hydrogen-bond acceptors (Lipinski definition) is 2. The van der Waals surface area contributed by atoms with Gasteiger partial charge in [-0.1, -0.05) is 32.8 Å². The summed E-state index contributed by atoms with van der Waals surface area (Å²) in [5.74, 6) is -0.0561. The van der Waals surface area contributed by atoms with Gasteiger partial charge < -0.3 is 10.6 Å². The third-order valence-electron chi connectivity index (χ3n) is 4.40. The number of anilines is 1. The molecule has 1 amide bonds. The summed E-state index contributed by atoms with van der Waals surface area (Å²) in [6.45, 7) is 8.76. The summed E-state index contributed by atoms with van der Waals surface area (Å²) in [7, 11) is 0. The molecule has 1 saturated carbocycles. The second-order valence-corrected chi connectivity index (χ2v) is 6.51. The highest BCUT2D eigenvalue weighted by Gasteiger charge is 2.31. The Labute approximate surface area is 127 Å². The van der Waals surface area contributed by atoms with E-state index in [9.17, 15) is 4.79 Å². The number of hydrogen-bond donors (Lipinski definition) is 2. The molecule has 0 spiro atoms. The van der Waals surface area contributed by atoms with Crippen LogP contribution in [0.1, 0.15) is 49.9 Å². The van der Waals surface area contributed by atoms with Crippen molar-refractivity contribution in [2.24, 2.45) is 5.41 Å². The summed E-state index contributed by atoms with van der Waals surface area (Å²) in [5, 5.41) is 6.42. The van der Waals surface area contributed by atoms with Gasteiger partial charge in [-0.3, -0.25) is 4.79 Å². The lowest BCUT2D eigenvalue weighted by Gasteiger charge is -2.39. The lowest BCUT2D eigenvalue weighted by atomic mass is 9.73. The first kappa shape index (κ1) is 15.6. The van der Waals surface area contributed by atoms with Crippen molar-refractivity contribution in [1.82, 2.24) is 5.32 Å². The van der Waals surface area contributed by atoms with Gasteiger partial charge in [-0.2, -0.15) is 0 Å². The molecule has 2 rings (SSSR count). The summed E-state index contributed by atoms with van der Waals surface area (Å²) >= 11 is 0. The van der Waals surface area contributed by atoms with Crippen molar-refractivity contribution in [1.29, 1.82) is 0 Å². The topological polar surface area (TPSA) is 41.1 Å². The van der Waals surface area contributed by atoms with Gasteiger partial charge in [0.15, 0.2) is 0 Å². The van der Waals surface area contributed by atoms with E-state index in [2.05, 4.69) is 31.1 Å². The molecule has 1 aliphatic rings. The van der Waals surface area contributed by atoms with Crippen molar-refractivity contribution in [3.8, 4) is 0 Å². The summed E-state index contributed by atoms with van der Waals surface area (Å²) < 4.78 is 0. The molecule has 1 aliphatic carbocycles. The number of carbonyl (C=O) groups excluding carboxylic acids is 1. The van der Waals surface area contributed by atoms with Crippen molar-refractivity contribution in [2.45, 2.75) is 45.6 Å². The Morgan fingerprint density at radius 3 is 2.67 bits per heavy atom. The van der Waals surface area contributed by atoms with E-state index in [1.54, 1.807) is 6.08 Å². The van der Waals surface area contributed by atoms with Gasteiger partial charge >= 0.3 is 0 Å². The van der Waals surface area contributed by atoms with Gasteiger partial charge in [-0.15, -0.1) is 6.58 Å². The van der Waals surface area contributed by atoms with Crippen molar-refractivity contribution < 1.29 is 4.79 Å². The van der Waals surface area contributed by atoms with Gasteiger partial charge in [0.25, 0.3) is 5.91 Å². The molecule has 0 saturated heterocycles. The maximum Gasteiger partial charge on any atom is 0.251 e. The zero-order chi connectivity index (χ0) is 15.3. The molecule has 0 heterocycles. The third kappa shape index (κ3) is 4.10. The zero-order valence-electron chi connectivity index (χ0n) is 13.1. The van der Waals surface area contributed by atoms with E-state index >= 15 is 0 Å². The Balaban J connectivity index is 1.99. The molecule has 1 atom stereocenters. The molecule has 0 radical (unpaired) electrons. The van der Waals surface area contributed by atoms with Crippen LogP contribution in [-0.2, 0) is 0 Å². The van der Waals surface area contributed by atoms with Gasteiger partial charge in [0.05, 0.1) is 0 Å². The van der Waals surface area contributed by atoms with Crippen LogP contribution in [0.4, 0.5) is 5.69 Å². The molecule has 0 aromatic heterocycles. The summed E-state index contributed by atoms with van der Waals surface area (Å²) in [5.41, 5.74) is 2.11. The number of carbonyl (C=O) groups is 1. The van der Waals surface area contributed by atoms with Crippen LogP contribution in [0.3, 0.4) is 0 Å². The molecule has 3 nitrogen and oxygen atoms in total. The number of amides is 1. The number of rotatable bonds is 5. The average molecular weight is 286 g/mol.